The van der Waals surface area contributed by atoms with Crippen molar-refractivity contribution in [2.45, 2.75) is 71.1 Å². The molecule has 0 aliphatic heterocycles. The lowest BCUT2D eigenvalue weighted by atomic mass is 10.1. The number of amides is 1. The first kappa shape index (κ1) is 22.1. The highest BCUT2D eigenvalue weighted by molar-refractivity contribution is 5.75. The van der Waals surface area contributed by atoms with E-state index in [1.165, 1.54) is 25.7 Å². The van der Waals surface area contributed by atoms with Gasteiger partial charge < -0.3 is 15.3 Å². The number of hydrogen-bond acceptors (Lipinski definition) is 3. The van der Waals surface area contributed by atoms with Crippen LogP contribution in [0.4, 0.5) is 0 Å². The third-order valence-electron chi connectivity index (χ3n) is 3.92. The van der Waals surface area contributed by atoms with Crippen LogP contribution >= 0.6 is 0 Å². The minimum Gasteiger partial charge on any atom is -0.396 e. The number of rotatable bonds is 16. The zero-order chi connectivity index (χ0) is 17.2. The SMILES string of the molecule is CCC/C=C/CCC(=O)NCCN(C)CCCCCCCCO. The molecule has 2 N–H and O–H groups in total. The molecule has 0 saturated heterocycles. The van der Waals surface area contributed by atoms with Crippen LogP contribution in [0.15, 0.2) is 12.2 Å². The summed E-state index contributed by atoms with van der Waals surface area (Å²) in [6.07, 6.45) is 15.0. The smallest absolute Gasteiger partial charge is 0.220 e. The van der Waals surface area contributed by atoms with Gasteiger partial charge in [-0.3, -0.25) is 4.79 Å². The molecule has 0 radical (unpaired) electrons. The van der Waals surface area contributed by atoms with Crippen molar-refractivity contribution in [2.75, 3.05) is 33.3 Å². The molecule has 0 aromatic carbocycles. The maximum atomic E-state index is 11.7. The highest BCUT2D eigenvalue weighted by Crippen LogP contribution is 2.05. The van der Waals surface area contributed by atoms with E-state index in [1.54, 1.807) is 0 Å². The van der Waals surface area contributed by atoms with E-state index >= 15 is 0 Å². The van der Waals surface area contributed by atoms with Crippen molar-refractivity contribution < 1.29 is 9.90 Å². The van der Waals surface area contributed by atoms with Crippen molar-refractivity contribution in [3.8, 4) is 0 Å². The summed E-state index contributed by atoms with van der Waals surface area (Å²) in [5.74, 6) is 0.156. The zero-order valence-electron chi connectivity index (χ0n) is 15.4. The van der Waals surface area contributed by atoms with Crippen LogP contribution in [0.5, 0.6) is 0 Å². The van der Waals surface area contributed by atoms with Gasteiger partial charge >= 0.3 is 0 Å². The molecule has 0 bridgehead atoms. The van der Waals surface area contributed by atoms with E-state index in [0.717, 1.165) is 51.7 Å². The van der Waals surface area contributed by atoms with Crippen molar-refractivity contribution in [1.29, 1.82) is 0 Å². The first-order valence-electron chi connectivity index (χ1n) is 9.41. The number of hydrogen-bond donors (Lipinski definition) is 2. The lowest BCUT2D eigenvalue weighted by Crippen LogP contribution is -2.33. The van der Waals surface area contributed by atoms with Gasteiger partial charge in [0.1, 0.15) is 0 Å². The largest absolute Gasteiger partial charge is 0.396 e. The number of carbonyl (C=O) groups excluding carboxylic acids is 1. The van der Waals surface area contributed by atoms with Gasteiger partial charge in [-0.25, -0.2) is 0 Å². The van der Waals surface area contributed by atoms with E-state index in [0.29, 0.717) is 13.0 Å². The highest BCUT2D eigenvalue weighted by atomic mass is 16.2. The molecule has 1 amide bonds. The summed E-state index contributed by atoms with van der Waals surface area (Å²) >= 11 is 0. The number of allylic oxidation sites excluding steroid dienone is 2. The summed E-state index contributed by atoms with van der Waals surface area (Å²) in [4.78, 5) is 13.9. The lowest BCUT2D eigenvalue weighted by Gasteiger charge is -2.16. The number of nitrogens with one attached hydrogen (secondary N) is 1. The van der Waals surface area contributed by atoms with Crippen LogP contribution in [0.25, 0.3) is 0 Å². The first-order chi connectivity index (χ1) is 11.2. The summed E-state index contributed by atoms with van der Waals surface area (Å²) in [7, 11) is 2.12. The van der Waals surface area contributed by atoms with Crippen LogP contribution in [0.2, 0.25) is 0 Å². The minimum absolute atomic E-state index is 0.156. The Balaban J connectivity index is 3.37. The van der Waals surface area contributed by atoms with E-state index in [4.69, 9.17) is 5.11 Å². The minimum atomic E-state index is 0.156. The Morgan fingerprint density at radius 2 is 1.65 bits per heavy atom. The monoisotopic (exact) mass is 326 g/mol. The maximum absolute atomic E-state index is 11.7. The fourth-order valence-corrected chi connectivity index (χ4v) is 2.40. The quantitative estimate of drug-likeness (QED) is 0.337. The van der Waals surface area contributed by atoms with Gasteiger partial charge in [0.05, 0.1) is 0 Å². The van der Waals surface area contributed by atoms with Gasteiger partial charge in [-0.05, 0) is 39.3 Å². The van der Waals surface area contributed by atoms with Gasteiger partial charge in [-0.1, -0.05) is 51.2 Å². The second kappa shape index (κ2) is 17.5. The van der Waals surface area contributed by atoms with Crippen molar-refractivity contribution in [3.63, 3.8) is 0 Å². The van der Waals surface area contributed by atoms with E-state index in [2.05, 4.69) is 36.3 Å². The summed E-state index contributed by atoms with van der Waals surface area (Å²) in [5, 5.41) is 11.7. The molecule has 0 aliphatic rings. The summed E-state index contributed by atoms with van der Waals surface area (Å²) in [5.41, 5.74) is 0. The number of unbranched alkanes of at least 4 members (excludes halogenated alkanes) is 6. The van der Waals surface area contributed by atoms with Crippen LogP contribution < -0.4 is 5.32 Å². The molecule has 0 aromatic heterocycles. The van der Waals surface area contributed by atoms with E-state index < -0.39 is 0 Å². The van der Waals surface area contributed by atoms with Gasteiger partial charge in [0, 0.05) is 26.1 Å². The first-order valence-corrected chi connectivity index (χ1v) is 9.41. The van der Waals surface area contributed by atoms with Gasteiger partial charge in [0.2, 0.25) is 5.91 Å². The van der Waals surface area contributed by atoms with Gasteiger partial charge in [0.25, 0.3) is 0 Å². The topological polar surface area (TPSA) is 52.6 Å². The molecule has 0 fully saturated rings. The number of likely N-dealkylation sites (N-methyl/N-ethyl adjacent to an activating group) is 1. The Bertz CT molecular complexity index is 293. The molecule has 0 unspecified atom stereocenters. The molecule has 136 valence electrons. The molecule has 0 heterocycles. The highest BCUT2D eigenvalue weighted by Gasteiger charge is 2.01. The second-order valence-electron chi connectivity index (χ2n) is 6.30. The van der Waals surface area contributed by atoms with Crippen LogP contribution in [-0.4, -0.2) is 49.2 Å². The summed E-state index contributed by atoms with van der Waals surface area (Å²) in [6, 6.07) is 0. The average molecular weight is 327 g/mol. The zero-order valence-corrected chi connectivity index (χ0v) is 15.4. The number of aliphatic hydroxyl groups is 1. The third kappa shape index (κ3) is 17.3. The predicted molar refractivity (Wildman–Crippen MR) is 98.6 cm³/mol. The fraction of sp³-hybridized carbons (Fsp3) is 0.842. The summed E-state index contributed by atoms with van der Waals surface area (Å²) in [6.45, 7) is 5.23. The maximum Gasteiger partial charge on any atom is 0.220 e. The molecule has 23 heavy (non-hydrogen) atoms. The van der Waals surface area contributed by atoms with Crippen molar-refractivity contribution in [3.05, 3.63) is 12.2 Å². The fourth-order valence-electron chi connectivity index (χ4n) is 2.40. The van der Waals surface area contributed by atoms with Crippen LogP contribution in [0.3, 0.4) is 0 Å². The lowest BCUT2D eigenvalue weighted by molar-refractivity contribution is -0.121. The van der Waals surface area contributed by atoms with Crippen LogP contribution in [0.1, 0.15) is 71.1 Å². The Hall–Kier alpha value is -0.870. The molecule has 4 heteroatoms. The second-order valence-corrected chi connectivity index (χ2v) is 6.30. The van der Waals surface area contributed by atoms with Gasteiger partial charge in [0.15, 0.2) is 0 Å². The van der Waals surface area contributed by atoms with Crippen LogP contribution in [0, 0.1) is 0 Å². The Morgan fingerprint density at radius 3 is 2.35 bits per heavy atom. The molecule has 0 saturated carbocycles. The Morgan fingerprint density at radius 1 is 1.00 bits per heavy atom. The van der Waals surface area contributed by atoms with E-state index in [9.17, 15) is 4.79 Å². The molecule has 0 atom stereocenters. The molecule has 0 rings (SSSR count). The molecule has 4 nitrogen and oxygen atoms in total. The third-order valence-corrected chi connectivity index (χ3v) is 3.92. The van der Waals surface area contributed by atoms with Gasteiger partial charge in [-0.2, -0.15) is 0 Å². The Kier molecular flexibility index (Phi) is 16.8. The van der Waals surface area contributed by atoms with E-state index in [-0.39, 0.29) is 5.91 Å². The number of aliphatic hydroxyl groups excluding tert-OH is 1. The molecule has 0 spiro atoms. The predicted octanol–water partition coefficient (Wildman–Crippen LogP) is 3.50. The molecule has 0 aliphatic carbocycles. The Labute approximate surface area is 143 Å². The normalized spacial score (nSPS) is 11.5. The average Bonchev–Trinajstić information content (AvgIpc) is 2.54. The number of nitrogens with zero attached hydrogens (tertiary/aromatic N) is 1. The molecular weight excluding hydrogens is 288 g/mol. The molecular formula is C19H38N2O2. The standard InChI is InChI=1S/C19H38N2O2/c1-3-4-5-8-11-14-19(23)20-15-17-21(2)16-12-9-6-7-10-13-18-22/h5,8,22H,3-4,6-7,9-18H2,1-2H3,(H,20,23)/b8-5+. The number of carbonyl (C=O) groups is 1. The summed E-state index contributed by atoms with van der Waals surface area (Å²) < 4.78 is 0. The molecule has 0 aromatic rings. The van der Waals surface area contributed by atoms with Crippen molar-refractivity contribution >= 4 is 5.91 Å². The van der Waals surface area contributed by atoms with Crippen LogP contribution in [-0.2, 0) is 4.79 Å². The van der Waals surface area contributed by atoms with E-state index in [1.807, 2.05) is 0 Å². The van der Waals surface area contributed by atoms with Crippen molar-refractivity contribution in [2.24, 2.45) is 0 Å². The van der Waals surface area contributed by atoms with Gasteiger partial charge in [-0.15, -0.1) is 0 Å². The van der Waals surface area contributed by atoms with Crippen molar-refractivity contribution in [1.82, 2.24) is 10.2 Å².